The van der Waals surface area contributed by atoms with E-state index in [-0.39, 0.29) is 30.5 Å². The topological polar surface area (TPSA) is 126 Å². The van der Waals surface area contributed by atoms with E-state index in [2.05, 4.69) is 10.3 Å². The standard InChI is InChI=1S/C24H28N4O6S/c1-2-8-18(26-24(31)34-16-17-9-4-3-5-10-17)23(30)27-14-12-19-22(27)20(29)15-28(19)35(32,33)21-11-6-7-13-25-21/h3-7,9-11,13,18-19,22H,2,8,12,14-16H2,1H3,(H,26,31). The normalized spacial score (nSPS) is 20.9. The lowest BCUT2D eigenvalue weighted by Crippen LogP contribution is -2.52. The van der Waals surface area contributed by atoms with Gasteiger partial charge in [0, 0.05) is 12.7 Å². The van der Waals surface area contributed by atoms with Crippen LogP contribution >= 0.6 is 0 Å². The summed E-state index contributed by atoms with van der Waals surface area (Å²) in [5.41, 5.74) is 0.814. The number of likely N-dealkylation sites (tertiary alicyclic amines) is 1. The van der Waals surface area contributed by atoms with Gasteiger partial charge in [0.05, 0.1) is 12.6 Å². The molecule has 0 aliphatic carbocycles. The number of ketones is 1. The summed E-state index contributed by atoms with van der Waals surface area (Å²) in [4.78, 5) is 44.0. The van der Waals surface area contributed by atoms with Crippen molar-refractivity contribution in [2.75, 3.05) is 13.1 Å². The summed E-state index contributed by atoms with van der Waals surface area (Å²) in [5, 5.41) is 2.49. The first-order chi connectivity index (χ1) is 16.8. The van der Waals surface area contributed by atoms with Gasteiger partial charge in [-0.3, -0.25) is 9.59 Å². The van der Waals surface area contributed by atoms with E-state index in [1.165, 1.54) is 17.2 Å². The van der Waals surface area contributed by atoms with Crippen molar-refractivity contribution >= 4 is 27.8 Å². The molecule has 2 aromatic rings. The average molecular weight is 501 g/mol. The smallest absolute Gasteiger partial charge is 0.408 e. The van der Waals surface area contributed by atoms with Crippen molar-refractivity contribution in [3.8, 4) is 0 Å². The Morgan fingerprint density at radius 2 is 1.91 bits per heavy atom. The van der Waals surface area contributed by atoms with Crippen LogP contribution in [0.25, 0.3) is 0 Å². The van der Waals surface area contributed by atoms with E-state index in [0.717, 1.165) is 9.87 Å². The highest BCUT2D eigenvalue weighted by Crippen LogP contribution is 2.34. The van der Waals surface area contributed by atoms with Crippen LogP contribution in [0.3, 0.4) is 0 Å². The number of hydrogen-bond acceptors (Lipinski definition) is 7. The van der Waals surface area contributed by atoms with Crippen LogP contribution < -0.4 is 5.32 Å². The molecule has 2 aliphatic heterocycles. The Hall–Kier alpha value is -3.31. The van der Waals surface area contributed by atoms with Crippen molar-refractivity contribution < 1.29 is 27.5 Å². The molecule has 1 N–H and O–H groups in total. The molecule has 11 heteroatoms. The summed E-state index contributed by atoms with van der Waals surface area (Å²) in [5.74, 6) is -0.760. The lowest BCUT2D eigenvalue weighted by molar-refractivity contribution is -0.138. The van der Waals surface area contributed by atoms with Gasteiger partial charge in [0.15, 0.2) is 10.8 Å². The number of carbonyl (C=O) groups is 3. The highest BCUT2D eigenvalue weighted by atomic mass is 32.2. The van der Waals surface area contributed by atoms with Crippen LogP contribution in [0.1, 0.15) is 31.7 Å². The molecule has 2 aliphatic rings. The number of rotatable bonds is 8. The zero-order chi connectivity index (χ0) is 25.0. The Labute approximate surface area is 204 Å². The lowest BCUT2D eigenvalue weighted by atomic mass is 10.1. The van der Waals surface area contributed by atoms with Crippen molar-refractivity contribution in [2.24, 2.45) is 0 Å². The molecule has 0 spiro atoms. The van der Waals surface area contributed by atoms with Gasteiger partial charge in [-0.1, -0.05) is 49.7 Å². The molecule has 1 aromatic heterocycles. The van der Waals surface area contributed by atoms with Crippen LogP contribution in [0.2, 0.25) is 0 Å². The zero-order valence-electron chi connectivity index (χ0n) is 19.4. The number of aromatic nitrogens is 1. The van der Waals surface area contributed by atoms with E-state index >= 15 is 0 Å². The summed E-state index contributed by atoms with van der Waals surface area (Å²) >= 11 is 0. The Balaban J connectivity index is 1.44. The molecule has 1 aromatic carbocycles. The number of benzene rings is 1. The predicted octanol–water partition coefficient (Wildman–Crippen LogP) is 1.72. The highest BCUT2D eigenvalue weighted by molar-refractivity contribution is 7.89. The molecule has 2 amide bonds. The van der Waals surface area contributed by atoms with Gasteiger partial charge in [-0.2, -0.15) is 4.31 Å². The second-order valence-electron chi connectivity index (χ2n) is 8.56. The molecule has 3 heterocycles. The molecule has 186 valence electrons. The number of pyridine rings is 1. The summed E-state index contributed by atoms with van der Waals surface area (Å²) in [6.07, 6.45) is 1.95. The lowest BCUT2D eigenvalue weighted by Gasteiger charge is -2.28. The number of nitrogens with one attached hydrogen (secondary N) is 1. The summed E-state index contributed by atoms with van der Waals surface area (Å²) < 4.78 is 32.6. The fourth-order valence-corrected chi connectivity index (χ4v) is 6.17. The van der Waals surface area contributed by atoms with Gasteiger partial charge in [-0.25, -0.2) is 18.2 Å². The summed E-state index contributed by atoms with van der Waals surface area (Å²) in [6.45, 7) is 1.84. The third-order valence-electron chi connectivity index (χ3n) is 6.25. The quantitative estimate of drug-likeness (QED) is 0.585. The number of amides is 2. The van der Waals surface area contributed by atoms with Gasteiger partial charge < -0.3 is 15.0 Å². The molecule has 2 fully saturated rings. The molecular weight excluding hydrogens is 472 g/mol. The fourth-order valence-electron chi connectivity index (χ4n) is 4.61. The molecule has 3 unspecified atom stereocenters. The maximum Gasteiger partial charge on any atom is 0.408 e. The van der Waals surface area contributed by atoms with E-state index in [1.807, 2.05) is 37.3 Å². The molecule has 0 radical (unpaired) electrons. The van der Waals surface area contributed by atoms with E-state index < -0.39 is 40.1 Å². The monoisotopic (exact) mass is 500 g/mol. The molecule has 0 saturated carbocycles. The maximum atomic E-state index is 13.4. The molecule has 35 heavy (non-hydrogen) atoms. The first kappa shape index (κ1) is 24.8. The third-order valence-corrected chi connectivity index (χ3v) is 8.04. The minimum atomic E-state index is -3.98. The summed E-state index contributed by atoms with van der Waals surface area (Å²) in [6, 6.07) is 11.3. The first-order valence-corrected chi connectivity index (χ1v) is 13.0. The minimum absolute atomic E-state index is 0.0624. The number of sulfonamides is 1. The molecule has 10 nitrogen and oxygen atoms in total. The third kappa shape index (κ3) is 5.20. The molecule has 0 bridgehead atoms. The van der Waals surface area contributed by atoms with Crippen molar-refractivity contribution in [3.05, 3.63) is 60.3 Å². The second kappa shape index (κ2) is 10.5. The first-order valence-electron chi connectivity index (χ1n) is 11.6. The number of fused-ring (bicyclic) bond motifs is 1. The minimum Gasteiger partial charge on any atom is -0.445 e. The number of alkyl carbamates (subject to hydrolysis) is 1. The molecule has 2 saturated heterocycles. The number of carbonyl (C=O) groups excluding carboxylic acids is 3. The Morgan fingerprint density at radius 1 is 1.17 bits per heavy atom. The van der Waals surface area contributed by atoms with Gasteiger partial charge in [-0.15, -0.1) is 0 Å². The average Bonchev–Trinajstić information content (AvgIpc) is 3.45. The zero-order valence-corrected chi connectivity index (χ0v) is 20.2. The van der Waals surface area contributed by atoms with Crippen LogP contribution in [0.4, 0.5) is 4.79 Å². The van der Waals surface area contributed by atoms with Gasteiger partial charge in [0.1, 0.15) is 18.7 Å². The Bertz CT molecular complexity index is 1180. The van der Waals surface area contributed by atoms with Crippen LogP contribution in [-0.2, 0) is 31.0 Å². The second-order valence-corrected chi connectivity index (χ2v) is 10.4. The molecule has 4 rings (SSSR count). The van der Waals surface area contributed by atoms with E-state index in [9.17, 15) is 22.8 Å². The van der Waals surface area contributed by atoms with E-state index in [0.29, 0.717) is 19.3 Å². The van der Waals surface area contributed by atoms with Gasteiger partial charge in [0.25, 0.3) is 10.0 Å². The van der Waals surface area contributed by atoms with Crippen molar-refractivity contribution in [2.45, 2.75) is 55.9 Å². The van der Waals surface area contributed by atoms with E-state index in [1.54, 1.807) is 12.1 Å². The number of Topliss-reactive ketones (excluding diaryl/α,β-unsaturated/α-hetero) is 1. The Morgan fingerprint density at radius 3 is 2.60 bits per heavy atom. The predicted molar refractivity (Wildman–Crippen MR) is 126 cm³/mol. The largest absolute Gasteiger partial charge is 0.445 e. The summed E-state index contributed by atoms with van der Waals surface area (Å²) in [7, 11) is -3.98. The molecular formula is C24H28N4O6S. The number of ether oxygens (including phenoxy) is 1. The number of nitrogens with zero attached hydrogens (tertiary/aromatic N) is 3. The maximum absolute atomic E-state index is 13.4. The van der Waals surface area contributed by atoms with Gasteiger partial charge in [-0.05, 0) is 30.5 Å². The van der Waals surface area contributed by atoms with Crippen molar-refractivity contribution in [3.63, 3.8) is 0 Å². The van der Waals surface area contributed by atoms with E-state index in [4.69, 9.17) is 4.74 Å². The molecule has 3 atom stereocenters. The highest BCUT2D eigenvalue weighted by Gasteiger charge is 2.54. The van der Waals surface area contributed by atoms with Gasteiger partial charge >= 0.3 is 6.09 Å². The van der Waals surface area contributed by atoms with Crippen molar-refractivity contribution in [1.82, 2.24) is 19.5 Å². The fraction of sp³-hybridized carbons (Fsp3) is 0.417. The van der Waals surface area contributed by atoms with Crippen LogP contribution in [0, 0.1) is 0 Å². The van der Waals surface area contributed by atoms with Crippen LogP contribution in [0.15, 0.2) is 59.8 Å². The van der Waals surface area contributed by atoms with Crippen LogP contribution in [-0.4, -0.2) is 71.6 Å². The Kier molecular flexibility index (Phi) is 7.46. The number of hydrogen-bond donors (Lipinski definition) is 1. The van der Waals surface area contributed by atoms with Gasteiger partial charge in [0.2, 0.25) is 5.91 Å². The van der Waals surface area contributed by atoms with Crippen LogP contribution in [0.5, 0.6) is 0 Å². The van der Waals surface area contributed by atoms with Crippen molar-refractivity contribution in [1.29, 1.82) is 0 Å². The SMILES string of the molecule is CCCC(NC(=O)OCc1ccccc1)C(=O)N1CCC2C1C(=O)CN2S(=O)(=O)c1ccccn1.